The number of benzene rings is 1. The quantitative estimate of drug-likeness (QED) is 0.927. The van der Waals surface area contributed by atoms with Gasteiger partial charge in [-0.25, -0.2) is 8.78 Å². The zero-order valence-electron chi connectivity index (χ0n) is 10.1. The van der Waals surface area contributed by atoms with E-state index in [1.165, 1.54) is 0 Å². The lowest BCUT2D eigenvalue weighted by Crippen LogP contribution is -2.48. The fourth-order valence-electron chi connectivity index (χ4n) is 2.37. The SMILES string of the molecule is NCC1(C(F)F)CCN(c2ccc(Br)cc2)CC1. The van der Waals surface area contributed by atoms with Crippen LogP contribution >= 0.6 is 15.9 Å². The number of rotatable bonds is 3. The molecule has 0 aliphatic carbocycles. The summed E-state index contributed by atoms with van der Waals surface area (Å²) >= 11 is 3.38. The molecule has 0 spiro atoms. The van der Waals surface area contributed by atoms with Crippen LogP contribution in [0.5, 0.6) is 0 Å². The minimum absolute atomic E-state index is 0.0683. The molecular weight excluding hydrogens is 302 g/mol. The molecule has 0 saturated carbocycles. The Labute approximate surface area is 114 Å². The zero-order chi connectivity index (χ0) is 13.2. The molecule has 1 aliphatic heterocycles. The average Bonchev–Trinajstić information content (AvgIpc) is 2.39. The van der Waals surface area contributed by atoms with Gasteiger partial charge in [-0.15, -0.1) is 0 Å². The minimum atomic E-state index is -2.32. The highest BCUT2D eigenvalue weighted by Crippen LogP contribution is 2.37. The second-order valence-electron chi connectivity index (χ2n) is 4.83. The van der Waals surface area contributed by atoms with Crippen LogP contribution in [0.15, 0.2) is 28.7 Å². The summed E-state index contributed by atoms with van der Waals surface area (Å²) in [4.78, 5) is 2.14. The lowest BCUT2D eigenvalue weighted by atomic mass is 9.78. The van der Waals surface area contributed by atoms with Crippen molar-refractivity contribution >= 4 is 21.6 Å². The summed E-state index contributed by atoms with van der Waals surface area (Å²) in [5.74, 6) is 0. The van der Waals surface area contributed by atoms with Crippen LogP contribution in [0.2, 0.25) is 0 Å². The fraction of sp³-hybridized carbons (Fsp3) is 0.538. The van der Waals surface area contributed by atoms with E-state index in [2.05, 4.69) is 20.8 Å². The molecule has 18 heavy (non-hydrogen) atoms. The van der Waals surface area contributed by atoms with Crippen molar-refractivity contribution in [3.8, 4) is 0 Å². The van der Waals surface area contributed by atoms with Gasteiger partial charge in [0.05, 0.1) is 0 Å². The molecule has 0 atom stereocenters. The van der Waals surface area contributed by atoms with E-state index in [9.17, 15) is 8.78 Å². The number of nitrogens with two attached hydrogens (primary N) is 1. The molecule has 5 heteroatoms. The molecule has 2 rings (SSSR count). The molecule has 0 aromatic heterocycles. The Bertz CT molecular complexity index is 386. The molecule has 1 aliphatic rings. The molecule has 1 aromatic carbocycles. The average molecular weight is 319 g/mol. The molecule has 1 saturated heterocycles. The summed E-state index contributed by atoms with van der Waals surface area (Å²) in [6, 6.07) is 7.93. The molecule has 2 nitrogen and oxygen atoms in total. The summed E-state index contributed by atoms with van der Waals surface area (Å²) < 4.78 is 27.1. The third-order valence-corrected chi connectivity index (χ3v) is 4.35. The molecule has 0 bridgehead atoms. The van der Waals surface area contributed by atoms with Crippen LogP contribution in [0.25, 0.3) is 0 Å². The van der Waals surface area contributed by atoms with Crippen molar-refractivity contribution in [3.05, 3.63) is 28.7 Å². The van der Waals surface area contributed by atoms with E-state index in [0.717, 1.165) is 10.2 Å². The van der Waals surface area contributed by atoms with Gasteiger partial charge in [-0.3, -0.25) is 0 Å². The predicted octanol–water partition coefficient (Wildman–Crippen LogP) is 3.26. The monoisotopic (exact) mass is 318 g/mol. The topological polar surface area (TPSA) is 29.3 Å². The van der Waals surface area contributed by atoms with Crippen LogP contribution in [-0.2, 0) is 0 Å². The van der Waals surface area contributed by atoms with E-state index >= 15 is 0 Å². The Hall–Kier alpha value is -0.680. The summed E-state index contributed by atoms with van der Waals surface area (Å²) in [7, 11) is 0. The molecule has 1 aromatic rings. The number of alkyl halides is 2. The van der Waals surface area contributed by atoms with E-state index in [0.29, 0.717) is 25.9 Å². The summed E-state index contributed by atoms with van der Waals surface area (Å²) in [6.07, 6.45) is -1.41. The van der Waals surface area contributed by atoms with Gasteiger partial charge in [-0.2, -0.15) is 0 Å². The van der Waals surface area contributed by atoms with Crippen molar-refractivity contribution in [3.63, 3.8) is 0 Å². The number of hydrogen-bond acceptors (Lipinski definition) is 2. The van der Waals surface area contributed by atoms with Crippen LogP contribution in [0, 0.1) is 5.41 Å². The second-order valence-corrected chi connectivity index (χ2v) is 5.75. The van der Waals surface area contributed by atoms with E-state index in [4.69, 9.17) is 5.73 Å². The molecule has 100 valence electrons. The van der Waals surface area contributed by atoms with E-state index in [1.807, 2.05) is 24.3 Å². The molecule has 0 radical (unpaired) electrons. The summed E-state index contributed by atoms with van der Waals surface area (Å²) in [5.41, 5.74) is 5.64. The summed E-state index contributed by atoms with van der Waals surface area (Å²) in [5, 5.41) is 0. The zero-order valence-corrected chi connectivity index (χ0v) is 11.7. The number of piperidine rings is 1. The van der Waals surface area contributed by atoms with Gasteiger partial charge in [-0.1, -0.05) is 15.9 Å². The Morgan fingerprint density at radius 3 is 2.22 bits per heavy atom. The number of nitrogens with zero attached hydrogens (tertiary/aromatic N) is 1. The van der Waals surface area contributed by atoms with E-state index in [1.54, 1.807) is 0 Å². The normalized spacial score (nSPS) is 19.3. The Morgan fingerprint density at radius 2 is 1.78 bits per heavy atom. The van der Waals surface area contributed by atoms with Crippen molar-refractivity contribution in [1.29, 1.82) is 0 Å². The molecule has 2 N–H and O–H groups in total. The smallest absolute Gasteiger partial charge is 0.245 e. The van der Waals surface area contributed by atoms with Crippen molar-refractivity contribution < 1.29 is 8.78 Å². The number of halogens is 3. The maximum absolute atomic E-state index is 13.1. The first-order valence-electron chi connectivity index (χ1n) is 6.06. The maximum atomic E-state index is 13.1. The van der Waals surface area contributed by atoms with Crippen LogP contribution in [0.4, 0.5) is 14.5 Å². The lowest BCUT2D eigenvalue weighted by molar-refractivity contribution is -0.0160. The molecule has 1 fully saturated rings. The highest BCUT2D eigenvalue weighted by molar-refractivity contribution is 9.10. The van der Waals surface area contributed by atoms with Gasteiger partial charge >= 0.3 is 0 Å². The first kappa shape index (κ1) is 13.7. The van der Waals surface area contributed by atoms with Crippen molar-refractivity contribution in [2.24, 2.45) is 11.1 Å². The highest BCUT2D eigenvalue weighted by Gasteiger charge is 2.41. The number of anilines is 1. The van der Waals surface area contributed by atoms with Crippen molar-refractivity contribution in [2.75, 3.05) is 24.5 Å². The Kier molecular flexibility index (Phi) is 4.22. The molecule has 1 heterocycles. The van der Waals surface area contributed by atoms with Crippen LogP contribution in [0.1, 0.15) is 12.8 Å². The van der Waals surface area contributed by atoms with Crippen LogP contribution in [0.3, 0.4) is 0 Å². The van der Waals surface area contributed by atoms with Gasteiger partial charge in [-0.05, 0) is 37.1 Å². The summed E-state index contributed by atoms with van der Waals surface area (Å²) in [6.45, 7) is 1.35. The van der Waals surface area contributed by atoms with Gasteiger partial charge in [0.15, 0.2) is 0 Å². The van der Waals surface area contributed by atoms with Crippen LogP contribution in [-0.4, -0.2) is 26.1 Å². The Morgan fingerprint density at radius 1 is 1.22 bits per heavy atom. The Balaban J connectivity index is 2.04. The lowest BCUT2D eigenvalue weighted by Gasteiger charge is -2.41. The van der Waals surface area contributed by atoms with Crippen molar-refractivity contribution in [2.45, 2.75) is 19.3 Å². The van der Waals surface area contributed by atoms with Crippen LogP contribution < -0.4 is 10.6 Å². The standard InChI is InChI=1S/C13H17BrF2N2/c14-10-1-3-11(4-2-10)18-7-5-13(9-17,6-8-18)12(15)16/h1-4,12H,5-9,17H2. The fourth-order valence-corrected chi connectivity index (χ4v) is 2.64. The second kappa shape index (κ2) is 5.53. The maximum Gasteiger partial charge on any atom is 0.245 e. The third-order valence-electron chi connectivity index (χ3n) is 3.82. The van der Waals surface area contributed by atoms with E-state index in [-0.39, 0.29) is 6.54 Å². The molecule has 0 unspecified atom stereocenters. The third kappa shape index (κ3) is 2.67. The van der Waals surface area contributed by atoms with Gasteiger partial charge in [0.25, 0.3) is 0 Å². The largest absolute Gasteiger partial charge is 0.371 e. The molecular formula is C13H17BrF2N2. The predicted molar refractivity (Wildman–Crippen MR) is 73.1 cm³/mol. The first-order chi connectivity index (χ1) is 8.57. The first-order valence-corrected chi connectivity index (χ1v) is 6.85. The number of hydrogen-bond donors (Lipinski definition) is 1. The highest BCUT2D eigenvalue weighted by atomic mass is 79.9. The van der Waals surface area contributed by atoms with Gasteiger partial charge < -0.3 is 10.6 Å². The molecule has 0 amide bonds. The van der Waals surface area contributed by atoms with Gasteiger partial charge in [0, 0.05) is 35.2 Å². The van der Waals surface area contributed by atoms with Gasteiger partial charge in [0.2, 0.25) is 6.43 Å². The minimum Gasteiger partial charge on any atom is -0.371 e. The van der Waals surface area contributed by atoms with Gasteiger partial charge in [0.1, 0.15) is 0 Å². The van der Waals surface area contributed by atoms with Crippen molar-refractivity contribution in [1.82, 2.24) is 0 Å². The van der Waals surface area contributed by atoms with E-state index < -0.39 is 11.8 Å².